The number of hydrogen-bond donors (Lipinski definition) is 3. The second-order valence-electron chi connectivity index (χ2n) is 6.23. The fourth-order valence-electron chi connectivity index (χ4n) is 2.47. The third-order valence-corrected chi connectivity index (χ3v) is 5.68. The van der Waals surface area contributed by atoms with E-state index in [0.717, 1.165) is 40.2 Å². The van der Waals surface area contributed by atoms with E-state index in [2.05, 4.69) is 15.3 Å². The Morgan fingerprint density at radius 3 is 2.45 bits per heavy atom. The SMILES string of the molecule is CC(=O)Nc1nc(C)c(-c2csc(CCC(O)c3ccccc3)n2)s1.CC(=O)O. The lowest BCUT2D eigenvalue weighted by atomic mass is 10.1. The third-order valence-electron chi connectivity index (χ3n) is 3.68. The lowest BCUT2D eigenvalue weighted by molar-refractivity contribution is -0.134. The standard InChI is InChI=1S/C18H19N3O2S2.C2H4O2/c1-11-17(25-18(19-11)20-12(2)22)14-10-24-16(21-14)9-8-15(23)13-6-4-3-5-7-13;1-2(3)4/h3-7,10,15,23H,8-9H2,1-2H3,(H,19,20,22);1H3,(H,3,4). The van der Waals surface area contributed by atoms with Gasteiger partial charge in [0.15, 0.2) is 5.13 Å². The van der Waals surface area contributed by atoms with Gasteiger partial charge in [-0.1, -0.05) is 41.7 Å². The maximum absolute atomic E-state index is 11.2. The van der Waals surface area contributed by atoms with Crippen LogP contribution in [0.25, 0.3) is 10.6 Å². The van der Waals surface area contributed by atoms with E-state index in [1.54, 1.807) is 11.3 Å². The van der Waals surface area contributed by atoms with Gasteiger partial charge in [0.1, 0.15) is 0 Å². The molecule has 9 heteroatoms. The second-order valence-corrected chi connectivity index (χ2v) is 8.17. The smallest absolute Gasteiger partial charge is 0.300 e. The van der Waals surface area contributed by atoms with Gasteiger partial charge in [-0.2, -0.15) is 0 Å². The molecule has 29 heavy (non-hydrogen) atoms. The van der Waals surface area contributed by atoms with Gasteiger partial charge >= 0.3 is 0 Å². The van der Waals surface area contributed by atoms with Crippen molar-refractivity contribution < 1.29 is 19.8 Å². The fourth-order valence-corrected chi connectivity index (χ4v) is 4.32. The third kappa shape index (κ3) is 7.37. The predicted molar refractivity (Wildman–Crippen MR) is 115 cm³/mol. The average molecular weight is 434 g/mol. The van der Waals surface area contributed by atoms with Crippen LogP contribution < -0.4 is 5.32 Å². The van der Waals surface area contributed by atoms with Crippen molar-refractivity contribution in [2.24, 2.45) is 0 Å². The Bertz CT molecular complexity index is 950. The minimum atomic E-state index is -0.833. The Kier molecular flexibility index (Phi) is 8.44. The zero-order valence-corrected chi connectivity index (χ0v) is 18.0. The van der Waals surface area contributed by atoms with Gasteiger partial charge in [-0.15, -0.1) is 11.3 Å². The van der Waals surface area contributed by atoms with E-state index in [4.69, 9.17) is 9.90 Å². The molecule has 154 valence electrons. The molecule has 0 fully saturated rings. The molecular weight excluding hydrogens is 410 g/mol. The summed E-state index contributed by atoms with van der Waals surface area (Å²) in [4.78, 5) is 30.2. The number of carbonyl (C=O) groups excluding carboxylic acids is 1. The molecule has 1 atom stereocenters. The molecule has 1 amide bonds. The van der Waals surface area contributed by atoms with Gasteiger partial charge in [0.05, 0.1) is 27.4 Å². The largest absolute Gasteiger partial charge is 0.481 e. The first-order chi connectivity index (χ1) is 13.8. The maximum atomic E-state index is 11.2. The van der Waals surface area contributed by atoms with Gasteiger partial charge in [0, 0.05) is 25.6 Å². The molecule has 2 aromatic heterocycles. The van der Waals surface area contributed by atoms with Crippen LogP contribution in [0.2, 0.25) is 0 Å². The second kappa shape index (κ2) is 10.8. The molecule has 0 aliphatic rings. The van der Waals surface area contributed by atoms with Crippen LogP contribution >= 0.6 is 22.7 Å². The number of anilines is 1. The van der Waals surface area contributed by atoms with E-state index in [1.165, 1.54) is 18.3 Å². The van der Waals surface area contributed by atoms with Crippen LogP contribution in [-0.4, -0.2) is 32.1 Å². The monoisotopic (exact) mass is 433 g/mol. The number of rotatable bonds is 6. The van der Waals surface area contributed by atoms with Crippen molar-refractivity contribution in [1.29, 1.82) is 0 Å². The molecule has 1 aromatic carbocycles. The highest BCUT2D eigenvalue weighted by Gasteiger charge is 2.15. The number of thiazole rings is 2. The Morgan fingerprint density at radius 1 is 1.17 bits per heavy atom. The summed E-state index contributed by atoms with van der Waals surface area (Å²) in [6, 6.07) is 9.67. The van der Waals surface area contributed by atoms with Crippen molar-refractivity contribution in [3.8, 4) is 10.6 Å². The van der Waals surface area contributed by atoms with E-state index in [1.807, 2.05) is 42.6 Å². The highest BCUT2D eigenvalue weighted by atomic mass is 32.1. The minimum absolute atomic E-state index is 0.130. The molecular formula is C20H23N3O4S2. The molecule has 0 saturated carbocycles. The molecule has 2 heterocycles. The molecule has 7 nitrogen and oxygen atoms in total. The molecule has 0 spiro atoms. The summed E-state index contributed by atoms with van der Waals surface area (Å²) in [6.07, 6.45) is 0.873. The molecule has 0 radical (unpaired) electrons. The molecule has 3 N–H and O–H groups in total. The average Bonchev–Trinajstić information content (AvgIpc) is 3.25. The van der Waals surface area contributed by atoms with Crippen LogP contribution in [-0.2, 0) is 16.0 Å². The van der Waals surface area contributed by atoms with Crippen LogP contribution in [0, 0.1) is 6.92 Å². The van der Waals surface area contributed by atoms with E-state index in [9.17, 15) is 9.90 Å². The summed E-state index contributed by atoms with van der Waals surface area (Å²) < 4.78 is 0. The number of carboxylic acid groups (broad SMARTS) is 1. The van der Waals surface area contributed by atoms with E-state index >= 15 is 0 Å². The first-order valence-corrected chi connectivity index (χ1v) is 10.6. The van der Waals surface area contributed by atoms with Crippen LogP contribution in [0.1, 0.15) is 42.6 Å². The number of nitrogens with zero attached hydrogens (tertiary/aromatic N) is 2. The number of carbonyl (C=O) groups is 2. The van der Waals surface area contributed by atoms with Crippen LogP contribution in [0.3, 0.4) is 0 Å². The first kappa shape index (κ1) is 22.7. The number of carboxylic acids is 1. The van der Waals surface area contributed by atoms with Gasteiger partial charge in [-0.25, -0.2) is 9.97 Å². The first-order valence-electron chi connectivity index (χ1n) is 8.88. The zero-order chi connectivity index (χ0) is 21.4. The van der Waals surface area contributed by atoms with Crippen molar-refractivity contribution in [2.45, 2.75) is 39.7 Å². The van der Waals surface area contributed by atoms with Crippen LogP contribution in [0.15, 0.2) is 35.7 Å². The lowest BCUT2D eigenvalue weighted by Gasteiger charge is -2.09. The number of amides is 1. The molecule has 0 aliphatic carbocycles. The predicted octanol–water partition coefficient (Wildman–Crippen LogP) is 4.29. The summed E-state index contributed by atoms with van der Waals surface area (Å²) in [6.45, 7) is 4.46. The van der Waals surface area contributed by atoms with Gasteiger partial charge in [0.2, 0.25) is 5.91 Å². The Labute approximate surface area is 177 Å². The normalized spacial score (nSPS) is 11.3. The molecule has 0 bridgehead atoms. The lowest BCUT2D eigenvalue weighted by Crippen LogP contribution is -2.04. The molecule has 3 rings (SSSR count). The number of aryl methyl sites for hydroxylation is 2. The molecule has 3 aromatic rings. The highest BCUT2D eigenvalue weighted by Crippen LogP contribution is 2.33. The Morgan fingerprint density at radius 2 is 1.83 bits per heavy atom. The number of aliphatic hydroxyl groups excluding tert-OH is 1. The van der Waals surface area contributed by atoms with Crippen molar-refractivity contribution in [3.05, 3.63) is 52.0 Å². The number of aliphatic hydroxyl groups is 1. The van der Waals surface area contributed by atoms with Gasteiger partial charge in [-0.05, 0) is 18.9 Å². The molecule has 0 aliphatic heterocycles. The van der Waals surface area contributed by atoms with E-state index in [-0.39, 0.29) is 5.91 Å². The van der Waals surface area contributed by atoms with Gasteiger partial charge < -0.3 is 15.5 Å². The fraction of sp³-hybridized carbons (Fsp3) is 0.300. The van der Waals surface area contributed by atoms with Gasteiger partial charge in [-0.3, -0.25) is 9.59 Å². The Hall–Kier alpha value is -2.62. The quantitative estimate of drug-likeness (QED) is 0.534. The topological polar surface area (TPSA) is 112 Å². The van der Waals surface area contributed by atoms with Crippen molar-refractivity contribution in [1.82, 2.24) is 9.97 Å². The summed E-state index contributed by atoms with van der Waals surface area (Å²) in [7, 11) is 0. The summed E-state index contributed by atoms with van der Waals surface area (Å²) in [5.41, 5.74) is 2.66. The number of hydrogen-bond acceptors (Lipinski definition) is 7. The number of nitrogens with one attached hydrogen (secondary N) is 1. The van der Waals surface area contributed by atoms with E-state index < -0.39 is 12.1 Å². The number of aliphatic carboxylic acids is 1. The van der Waals surface area contributed by atoms with Gasteiger partial charge in [0.25, 0.3) is 5.97 Å². The summed E-state index contributed by atoms with van der Waals surface area (Å²) >= 11 is 3.01. The van der Waals surface area contributed by atoms with Crippen LogP contribution in [0.5, 0.6) is 0 Å². The molecule has 1 unspecified atom stereocenters. The van der Waals surface area contributed by atoms with Crippen molar-refractivity contribution >= 4 is 39.7 Å². The van der Waals surface area contributed by atoms with Crippen molar-refractivity contribution in [3.63, 3.8) is 0 Å². The summed E-state index contributed by atoms with van der Waals surface area (Å²) in [5, 5.41) is 24.0. The number of aromatic nitrogens is 2. The molecule has 0 saturated heterocycles. The van der Waals surface area contributed by atoms with Crippen molar-refractivity contribution in [2.75, 3.05) is 5.32 Å². The van der Waals surface area contributed by atoms with E-state index in [0.29, 0.717) is 11.6 Å². The zero-order valence-electron chi connectivity index (χ0n) is 16.4. The highest BCUT2D eigenvalue weighted by molar-refractivity contribution is 7.19. The van der Waals surface area contributed by atoms with Crippen LogP contribution in [0.4, 0.5) is 5.13 Å². The number of benzene rings is 1. The minimum Gasteiger partial charge on any atom is -0.481 e. The maximum Gasteiger partial charge on any atom is 0.300 e. The Balaban J connectivity index is 0.000000687. The summed E-state index contributed by atoms with van der Waals surface area (Å²) in [5.74, 6) is -0.964.